The van der Waals surface area contributed by atoms with E-state index in [2.05, 4.69) is 21.6 Å². The number of rotatable bonds is 7. The normalized spacial score (nSPS) is 10.6. The molecule has 0 aliphatic rings. The molecule has 0 saturated heterocycles. The van der Waals surface area contributed by atoms with Gasteiger partial charge in [0.15, 0.2) is 11.0 Å². The van der Waals surface area contributed by atoms with Crippen molar-refractivity contribution in [2.24, 2.45) is 0 Å². The van der Waals surface area contributed by atoms with Crippen LogP contribution in [-0.2, 0) is 4.79 Å². The number of nitrogens with one attached hydrogen (secondary N) is 1. The van der Waals surface area contributed by atoms with Gasteiger partial charge in [0.1, 0.15) is 16.8 Å². The average molecular weight is 476 g/mol. The Morgan fingerprint density at radius 2 is 1.88 bits per heavy atom. The number of methoxy groups -OCH3 is 1. The quantitative estimate of drug-likeness (QED) is 0.368. The molecule has 1 amide bonds. The average Bonchev–Trinajstić information content (AvgIpc) is 3.38. The van der Waals surface area contributed by atoms with Gasteiger partial charge in [-0.2, -0.15) is 5.26 Å². The SMILES string of the molecule is COc1ccc(-c2nnc(SCC(=O)Nc3sc(C)c(C)c3C#N)n2-c2ccccc2)cc1. The second kappa shape index (κ2) is 9.90. The Kier molecular flexibility index (Phi) is 6.77. The zero-order valence-corrected chi connectivity index (χ0v) is 20.0. The van der Waals surface area contributed by atoms with Gasteiger partial charge in [-0.1, -0.05) is 30.0 Å². The van der Waals surface area contributed by atoms with Gasteiger partial charge >= 0.3 is 0 Å². The first kappa shape index (κ1) is 22.6. The maximum absolute atomic E-state index is 12.7. The number of nitrogens with zero attached hydrogens (tertiary/aromatic N) is 4. The topological polar surface area (TPSA) is 92.8 Å². The predicted octanol–water partition coefficient (Wildman–Crippen LogP) is 5.22. The molecule has 33 heavy (non-hydrogen) atoms. The molecule has 4 rings (SSSR count). The van der Waals surface area contributed by atoms with Crippen LogP contribution >= 0.6 is 23.1 Å². The fraction of sp³-hybridized carbons (Fsp3) is 0.167. The molecule has 4 aromatic rings. The number of carbonyl (C=O) groups is 1. The van der Waals surface area contributed by atoms with Crippen LogP contribution in [0.3, 0.4) is 0 Å². The molecule has 166 valence electrons. The van der Waals surface area contributed by atoms with Crippen LogP contribution in [0.4, 0.5) is 5.00 Å². The highest BCUT2D eigenvalue weighted by Crippen LogP contribution is 2.32. The summed E-state index contributed by atoms with van der Waals surface area (Å²) < 4.78 is 7.18. The molecule has 2 aromatic carbocycles. The van der Waals surface area contributed by atoms with Crippen LogP contribution in [0.25, 0.3) is 17.1 Å². The second-order valence-electron chi connectivity index (χ2n) is 7.14. The molecule has 0 bridgehead atoms. The van der Waals surface area contributed by atoms with E-state index in [1.54, 1.807) is 7.11 Å². The van der Waals surface area contributed by atoms with Gasteiger partial charge in [-0.05, 0) is 55.8 Å². The Bertz CT molecular complexity index is 1320. The maximum Gasteiger partial charge on any atom is 0.235 e. The molecule has 2 aromatic heterocycles. The van der Waals surface area contributed by atoms with E-state index in [1.807, 2.05) is 73.0 Å². The van der Waals surface area contributed by atoms with Crippen molar-refractivity contribution in [3.8, 4) is 28.9 Å². The van der Waals surface area contributed by atoms with Crippen LogP contribution in [0.1, 0.15) is 16.0 Å². The van der Waals surface area contributed by atoms with Gasteiger partial charge in [0.05, 0.1) is 18.4 Å². The molecule has 2 heterocycles. The number of ether oxygens (including phenoxy) is 1. The van der Waals surface area contributed by atoms with E-state index in [9.17, 15) is 10.1 Å². The lowest BCUT2D eigenvalue weighted by atomic mass is 10.2. The number of thiophene rings is 1. The molecule has 9 heteroatoms. The van der Waals surface area contributed by atoms with Crippen LogP contribution in [0.5, 0.6) is 5.75 Å². The Hall–Kier alpha value is -3.61. The van der Waals surface area contributed by atoms with E-state index in [0.29, 0.717) is 21.5 Å². The minimum absolute atomic E-state index is 0.133. The largest absolute Gasteiger partial charge is 0.497 e. The zero-order chi connectivity index (χ0) is 23.4. The van der Waals surface area contributed by atoms with Crippen molar-refractivity contribution in [1.29, 1.82) is 5.26 Å². The molecule has 0 unspecified atom stereocenters. The molecule has 0 aliphatic carbocycles. The van der Waals surface area contributed by atoms with E-state index in [1.165, 1.54) is 23.1 Å². The molecule has 0 atom stereocenters. The molecular formula is C24H21N5O2S2. The predicted molar refractivity (Wildman–Crippen MR) is 131 cm³/mol. The first-order valence-electron chi connectivity index (χ1n) is 10.1. The highest BCUT2D eigenvalue weighted by Gasteiger charge is 2.19. The summed E-state index contributed by atoms with van der Waals surface area (Å²) in [6.07, 6.45) is 0. The fourth-order valence-corrected chi connectivity index (χ4v) is 5.02. The summed E-state index contributed by atoms with van der Waals surface area (Å²) >= 11 is 2.70. The van der Waals surface area contributed by atoms with Crippen molar-refractivity contribution in [2.75, 3.05) is 18.2 Å². The third-order valence-corrected chi connectivity index (χ3v) is 7.13. The number of hydrogen-bond donors (Lipinski definition) is 1. The number of thioether (sulfide) groups is 1. The summed E-state index contributed by atoms with van der Waals surface area (Å²) in [6, 6.07) is 19.5. The fourth-order valence-electron chi connectivity index (χ4n) is 3.24. The van der Waals surface area contributed by atoms with Crippen molar-refractivity contribution in [3.05, 3.63) is 70.6 Å². The standard InChI is InChI=1S/C24H21N5O2S2/c1-15-16(2)33-23(20(15)13-25)26-21(30)14-32-24-28-27-22(17-9-11-19(31-3)12-10-17)29(24)18-7-5-4-6-8-18/h4-12H,14H2,1-3H3,(H,26,30). The lowest BCUT2D eigenvalue weighted by Gasteiger charge is -2.10. The number of aromatic nitrogens is 3. The summed E-state index contributed by atoms with van der Waals surface area (Å²) in [4.78, 5) is 13.7. The monoisotopic (exact) mass is 475 g/mol. The van der Waals surface area contributed by atoms with Gasteiger partial charge in [0.25, 0.3) is 0 Å². The maximum atomic E-state index is 12.7. The van der Waals surface area contributed by atoms with E-state index < -0.39 is 0 Å². The Morgan fingerprint density at radius 3 is 2.55 bits per heavy atom. The number of nitriles is 1. The van der Waals surface area contributed by atoms with Gasteiger partial charge in [-0.3, -0.25) is 9.36 Å². The molecule has 0 aliphatic heterocycles. The molecule has 0 fully saturated rings. The van der Waals surface area contributed by atoms with Crippen LogP contribution in [0.2, 0.25) is 0 Å². The lowest BCUT2D eigenvalue weighted by Crippen LogP contribution is -2.14. The summed E-state index contributed by atoms with van der Waals surface area (Å²) in [7, 11) is 1.62. The molecule has 0 saturated carbocycles. The van der Waals surface area contributed by atoms with Crippen LogP contribution in [-0.4, -0.2) is 33.5 Å². The van der Waals surface area contributed by atoms with Crippen molar-refractivity contribution in [3.63, 3.8) is 0 Å². The van der Waals surface area contributed by atoms with Crippen LogP contribution in [0.15, 0.2) is 59.8 Å². The van der Waals surface area contributed by atoms with Crippen molar-refractivity contribution >= 4 is 34.0 Å². The van der Waals surface area contributed by atoms with Crippen LogP contribution < -0.4 is 10.1 Å². The third kappa shape index (κ3) is 4.77. The van der Waals surface area contributed by atoms with E-state index in [0.717, 1.165) is 27.4 Å². The summed E-state index contributed by atoms with van der Waals surface area (Å²) in [5.41, 5.74) is 3.20. The Morgan fingerprint density at radius 1 is 1.15 bits per heavy atom. The molecule has 1 N–H and O–H groups in total. The summed E-state index contributed by atoms with van der Waals surface area (Å²) in [6.45, 7) is 3.83. The molecule has 7 nitrogen and oxygen atoms in total. The van der Waals surface area contributed by atoms with Gasteiger partial charge < -0.3 is 10.1 Å². The van der Waals surface area contributed by atoms with Crippen molar-refractivity contribution in [2.45, 2.75) is 19.0 Å². The Labute approximate surface area is 200 Å². The highest BCUT2D eigenvalue weighted by molar-refractivity contribution is 7.99. The van der Waals surface area contributed by atoms with Gasteiger partial charge in [-0.15, -0.1) is 21.5 Å². The number of para-hydroxylation sites is 1. The molecule has 0 spiro atoms. The highest BCUT2D eigenvalue weighted by atomic mass is 32.2. The van der Waals surface area contributed by atoms with E-state index in [-0.39, 0.29) is 11.7 Å². The lowest BCUT2D eigenvalue weighted by molar-refractivity contribution is -0.113. The van der Waals surface area contributed by atoms with E-state index >= 15 is 0 Å². The first-order valence-corrected chi connectivity index (χ1v) is 11.9. The minimum atomic E-state index is -0.202. The van der Waals surface area contributed by atoms with Crippen molar-refractivity contribution in [1.82, 2.24) is 14.8 Å². The molecule has 0 radical (unpaired) electrons. The summed E-state index contributed by atoms with van der Waals surface area (Å²) in [5, 5.41) is 22.2. The second-order valence-corrected chi connectivity index (χ2v) is 9.31. The first-order chi connectivity index (χ1) is 16.0. The number of anilines is 1. The van der Waals surface area contributed by atoms with E-state index in [4.69, 9.17) is 4.74 Å². The van der Waals surface area contributed by atoms with Gasteiger partial charge in [-0.25, -0.2) is 0 Å². The minimum Gasteiger partial charge on any atom is -0.497 e. The molecular weight excluding hydrogens is 454 g/mol. The van der Waals surface area contributed by atoms with Crippen LogP contribution in [0, 0.1) is 25.2 Å². The Balaban J connectivity index is 1.59. The number of benzene rings is 2. The number of aryl methyl sites for hydroxylation is 1. The zero-order valence-electron chi connectivity index (χ0n) is 18.3. The number of amides is 1. The number of hydrogen-bond acceptors (Lipinski definition) is 7. The number of carbonyl (C=O) groups excluding carboxylic acids is 1. The van der Waals surface area contributed by atoms with Gasteiger partial charge in [0, 0.05) is 16.1 Å². The third-order valence-electron chi connectivity index (χ3n) is 5.08. The smallest absolute Gasteiger partial charge is 0.235 e. The van der Waals surface area contributed by atoms with Gasteiger partial charge in [0.2, 0.25) is 5.91 Å². The van der Waals surface area contributed by atoms with Crippen molar-refractivity contribution < 1.29 is 9.53 Å². The summed E-state index contributed by atoms with van der Waals surface area (Å²) in [5.74, 6) is 1.36.